The topological polar surface area (TPSA) is 111 Å². The van der Waals surface area contributed by atoms with E-state index >= 15 is 0 Å². The molecule has 0 aliphatic carbocycles. The lowest BCUT2D eigenvalue weighted by Gasteiger charge is -2.11. The average molecular weight is 432 g/mol. The first-order valence-electron chi connectivity index (χ1n) is 9.55. The molecule has 9 heteroatoms. The Bertz CT molecular complexity index is 859. The summed E-state index contributed by atoms with van der Waals surface area (Å²) in [5, 5.41) is 7.23. The summed E-state index contributed by atoms with van der Waals surface area (Å²) in [6.45, 7) is 4.06. The molecule has 1 heterocycles. The van der Waals surface area contributed by atoms with Gasteiger partial charge in [-0.05, 0) is 49.9 Å². The summed E-state index contributed by atoms with van der Waals surface area (Å²) in [5.74, 6) is -1.69. The molecular formula is C21H24N2O6S. The largest absolute Gasteiger partial charge is 0.462 e. The molecule has 2 aromatic rings. The summed E-state index contributed by atoms with van der Waals surface area (Å²) in [6, 6.07) is 7.77. The van der Waals surface area contributed by atoms with Crippen LogP contribution in [0.1, 0.15) is 57.1 Å². The Hall–Kier alpha value is -3.20. The number of anilines is 1. The number of ether oxygens (including phenoxy) is 2. The van der Waals surface area contributed by atoms with Crippen molar-refractivity contribution in [2.24, 2.45) is 0 Å². The quantitative estimate of drug-likeness (QED) is 0.440. The predicted molar refractivity (Wildman–Crippen MR) is 113 cm³/mol. The third kappa shape index (κ3) is 7.00. The van der Waals surface area contributed by atoms with Gasteiger partial charge in [-0.25, -0.2) is 9.59 Å². The van der Waals surface area contributed by atoms with Crippen LogP contribution in [-0.2, 0) is 14.3 Å². The van der Waals surface area contributed by atoms with Crippen molar-refractivity contribution in [3.63, 3.8) is 0 Å². The van der Waals surface area contributed by atoms with E-state index in [1.807, 2.05) is 5.38 Å². The second-order valence-electron chi connectivity index (χ2n) is 6.12. The molecule has 0 aliphatic heterocycles. The minimum atomic E-state index is -0.601. The van der Waals surface area contributed by atoms with Crippen LogP contribution in [0.25, 0.3) is 0 Å². The average Bonchev–Trinajstić information content (AvgIpc) is 3.26. The van der Waals surface area contributed by atoms with Gasteiger partial charge in [0.05, 0.1) is 29.2 Å². The fourth-order valence-electron chi connectivity index (χ4n) is 2.53. The number of hydrogen-bond acceptors (Lipinski definition) is 7. The van der Waals surface area contributed by atoms with Crippen LogP contribution in [0.4, 0.5) is 5.69 Å². The van der Waals surface area contributed by atoms with Gasteiger partial charge in [0.25, 0.3) is 5.91 Å². The van der Waals surface area contributed by atoms with Gasteiger partial charge in [0, 0.05) is 18.7 Å². The molecule has 0 atom stereocenters. The van der Waals surface area contributed by atoms with Crippen LogP contribution in [0.5, 0.6) is 0 Å². The van der Waals surface area contributed by atoms with Crippen molar-refractivity contribution in [1.82, 2.24) is 5.32 Å². The van der Waals surface area contributed by atoms with Gasteiger partial charge >= 0.3 is 11.9 Å². The molecule has 2 amide bonds. The summed E-state index contributed by atoms with van der Waals surface area (Å²) < 4.78 is 9.94. The molecule has 0 saturated heterocycles. The molecule has 2 rings (SSSR count). The number of carbonyl (C=O) groups is 4. The Balaban J connectivity index is 1.95. The SMILES string of the molecule is CCOC(=O)c1cc(NC(=O)CCCNC(=O)c2cccs2)cc(C(=O)OCC)c1. The number of thiophene rings is 1. The van der Waals surface area contributed by atoms with Gasteiger partial charge in [-0.1, -0.05) is 6.07 Å². The molecule has 30 heavy (non-hydrogen) atoms. The number of nitrogens with one attached hydrogen (secondary N) is 2. The van der Waals surface area contributed by atoms with Gasteiger partial charge in [0.15, 0.2) is 0 Å². The zero-order chi connectivity index (χ0) is 21.9. The van der Waals surface area contributed by atoms with E-state index in [1.54, 1.807) is 26.0 Å². The van der Waals surface area contributed by atoms with Crippen molar-refractivity contribution in [3.8, 4) is 0 Å². The zero-order valence-corrected chi connectivity index (χ0v) is 17.7. The maximum Gasteiger partial charge on any atom is 0.338 e. The molecule has 0 bridgehead atoms. The second-order valence-corrected chi connectivity index (χ2v) is 7.07. The first kappa shape index (κ1) is 23.1. The minimum absolute atomic E-state index is 0.140. The van der Waals surface area contributed by atoms with Crippen LogP contribution in [0.15, 0.2) is 35.7 Å². The van der Waals surface area contributed by atoms with E-state index in [1.165, 1.54) is 29.5 Å². The molecule has 0 fully saturated rings. The highest BCUT2D eigenvalue weighted by Crippen LogP contribution is 2.18. The number of carbonyl (C=O) groups excluding carboxylic acids is 4. The van der Waals surface area contributed by atoms with Crippen LogP contribution in [0, 0.1) is 0 Å². The Morgan fingerprint density at radius 1 is 0.967 bits per heavy atom. The van der Waals surface area contributed by atoms with Crippen LogP contribution in [0.2, 0.25) is 0 Å². The highest BCUT2D eigenvalue weighted by Gasteiger charge is 2.16. The number of esters is 2. The van der Waals surface area contributed by atoms with Gasteiger partial charge in [0.2, 0.25) is 5.91 Å². The Morgan fingerprint density at radius 2 is 1.60 bits per heavy atom. The predicted octanol–water partition coefficient (Wildman–Crippen LogP) is 3.25. The summed E-state index contributed by atoms with van der Waals surface area (Å²) in [7, 11) is 0. The summed E-state index contributed by atoms with van der Waals surface area (Å²) in [5.41, 5.74) is 0.568. The van der Waals surface area contributed by atoms with E-state index in [9.17, 15) is 19.2 Å². The lowest BCUT2D eigenvalue weighted by molar-refractivity contribution is -0.116. The Labute approximate surface area is 178 Å². The molecular weight excluding hydrogens is 408 g/mol. The monoisotopic (exact) mass is 432 g/mol. The lowest BCUT2D eigenvalue weighted by Crippen LogP contribution is -2.24. The maximum absolute atomic E-state index is 12.2. The third-order valence-corrected chi connectivity index (χ3v) is 4.72. The van der Waals surface area contributed by atoms with Crippen LogP contribution < -0.4 is 10.6 Å². The number of amides is 2. The summed E-state index contributed by atoms with van der Waals surface area (Å²) in [4.78, 5) is 48.8. The summed E-state index contributed by atoms with van der Waals surface area (Å²) >= 11 is 1.34. The van der Waals surface area contributed by atoms with Gasteiger partial charge in [-0.15, -0.1) is 11.3 Å². The van der Waals surface area contributed by atoms with E-state index in [-0.39, 0.29) is 48.3 Å². The molecule has 1 aromatic carbocycles. The van der Waals surface area contributed by atoms with Gasteiger partial charge in [0.1, 0.15) is 0 Å². The smallest absolute Gasteiger partial charge is 0.338 e. The Kier molecular flexibility index (Phi) is 9.02. The second kappa shape index (κ2) is 11.7. The number of benzene rings is 1. The van der Waals surface area contributed by atoms with Crippen molar-refractivity contribution in [2.45, 2.75) is 26.7 Å². The fraction of sp³-hybridized carbons (Fsp3) is 0.333. The van der Waals surface area contributed by atoms with Crippen LogP contribution >= 0.6 is 11.3 Å². The first-order valence-corrected chi connectivity index (χ1v) is 10.4. The molecule has 0 saturated carbocycles. The standard InChI is InChI=1S/C21H24N2O6S/c1-3-28-20(26)14-11-15(21(27)29-4-2)13-16(12-14)23-18(24)8-5-9-22-19(25)17-7-6-10-30-17/h6-7,10-13H,3-5,8-9H2,1-2H3,(H,22,25)(H,23,24). The van der Waals surface area contributed by atoms with Gasteiger partial charge < -0.3 is 20.1 Å². The molecule has 0 unspecified atom stereocenters. The molecule has 160 valence electrons. The van der Waals surface area contributed by atoms with E-state index in [4.69, 9.17) is 9.47 Å². The minimum Gasteiger partial charge on any atom is -0.462 e. The fourth-order valence-corrected chi connectivity index (χ4v) is 3.17. The molecule has 0 spiro atoms. The maximum atomic E-state index is 12.2. The zero-order valence-electron chi connectivity index (χ0n) is 16.9. The van der Waals surface area contributed by atoms with E-state index in [2.05, 4.69) is 10.6 Å². The van der Waals surface area contributed by atoms with Crippen molar-refractivity contribution in [3.05, 3.63) is 51.7 Å². The molecule has 2 N–H and O–H groups in total. The molecule has 8 nitrogen and oxygen atoms in total. The van der Waals surface area contributed by atoms with Crippen molar-refractivity contribution in [2.75, 3.05) is 25.1 Å². The molecule has 0 aliphatic rings. The third-order valence-electron chi connectivity index (χ3n) is 3.85. The number of hydrogen-bond donors (Lipinski definition) is 2. The van der Waals surface area contributed by atoms with Crippen molar-refractivity contribution < 1.29 is 28.7 Å². The van der Waals surface area contributed by atoms with E-state index in [0.717, 1.165) is 0 Å². The van der Waals surface area contributed by atoms with Gasteiger partial charge in [-0.2, -0.15) is 0 Å². The van der Waals surface area contributed by atoms with Crippen molar-refractivity contribution in [1.29, 1.82) is 0 Å². The normalized spacial score (nSPS) is 10.2. The van der Waals surface area contributed by atoms with E-state index < -0.39 is 11.9 Å². The van der Waals surface area contributed by atoms with Crippen LogP contribution in [-0.4, -0.2) is 43.5 Å². The Morgan fingerprint density at radius 3 is 2.13 bits per heavy atom. The summed E-state index contributed by atoms with van der Waals surface area (Å²) in [6.07, 6.45) is 0.592. The van der Waals surface area contributed by atoms with Gasteiger partial charge in [-0.3, -0.25) is 9.59 Å². The van der Waals surface area contributed by atoms with Crippen molar-refractivity contribution >= 4 is 40.8 Å². The highest BCUT2D eigenvalue weighted by molar-refractivity contribution is 7.12. The first-order chi connectivity index (χ1) is 14.4. The van der Waals surface area contributed by atoms with Crippen LogP contribution in [0.3, 0.4) is 0 Å². The lowest BCUT2D eigenvalue weighted by atomic mass is 10.1. The number of rotatable bonds is 10. The highest BCUT2D eigenvalue weighted by atomic mass is 32.1. The molecule has 0 radical (unpaired) electrons. The van der Waals surface area contributed by atoms with E-state index in [0.29, 0.717) is 17.8 Å². The molecule has 1 aromatic heterocycles.